The molecular weight excluding hydrogens is 444 g/mol. The Morgan fingerprint density at radius 3 is 2.23 bits per heavy atom. The number of para-hydroxylation sites is 1. The van der Waals surface area contributed by atoms with Gasteiger partial charge in [-0.3, -0.25) is 0 Å². The summed E-state index contributed by atoms with van der Waals surface area (Å²) >= 11 is 0. The molecule has 0 amide bonds. The summed E-state index contributed by atoms with van der Waals surface area (Å²) in [7, 11) is 2.04. The molecule has 0 bridgehead atoms. The molecule has 2 heterocycles. The van der Waals surface area contributed by atoms with Crippen LogP contribution in [-0.2, 0) is 19.1 Å². The summed E-state index contributed by atoms with van der Waals surface area (Å²) in [5, 5.41) is 9.91. The topological polar surface area (TPSA) is 83.8 Å². The Morgan fingerprint density at radius 1 is 1.03 bits per heavy atom. The van der Waals surface area contributed by atoms with E-state index >= 15 is 0 Å². The number of ether oxygens (including phenoxy) is 1. The second-order valence-corrected chi connectivity index (χ2v) is 6.22. The number of hydrogen-bond acceptors (Lipinski definition) is 5. The highest BCUT2D eigenvalue weighted by atomic mass is 19.4. The summed E-state index contributed by atoms with van der Waals surface area (Å²) < 4.78 is 112. The summed E-state index contributed by atoms with van der Waals surface area (Å²) in [6, 6.07) is 4.40. The van der Waals surface area contributed by atoms with Gasteiger partial charge < -0.3 is 10.5 Å². The van der Waals surface area contributed by atoms with Gasteiger partial charge in [0, 0.05) is 12.6 Å². The Kier molecular flexibility index (Phi) is 5.10. The van der Waals surface area contributed by atoms with Crippen molar-refractivity contribution in [3.63, 3.8) is 0 Å². The van der Waals surface area contributed by atoms with Gasteiger partial charge in [0.05, 0.1) is 19.0 Å². The van der Waals surface area contributed by atoms with Gasteiger partial charge in [-0.15, -0.1) is 5.10 Å². The number of alkyl halides is 8. The van der Waals surface area contributed by atoms with Crippen molar-refractivity contribution in [3.8, 4) is 22.8 Å². The highest BCUT2D eigenvalue weighted by Gasteiger charge is 2.64. The zero-order valence-corrected chi connectivity index (χ0v) is 15.6. The number of aromatic nitrogens is 5. The molecule has 168 valence electrons. The number of methoxy groups -OCH3 is 1. The highest BCUT2D eigenvalue weighted by Crippen LogP contribution is 2.49. The third kappa shape index (κ3) is 3.63. The molecule has 0 aliphatic heterocycles. The average Bonchev–Trinajstić information content (AvgIpc) is 3.24. The zero-order valence-electron chi connectivity index (χ0n) is 15.6. The molecule has 15 heteroatoms. The lowest BCUT2D eigenvalue weighted by Gasteiger charge is -2.19. The second-order valence-electron chi connectivity index (χ2n) is 6.22. The quantitative estimate of drug-likeness (QED) is 0.475. The summed E-state index contributed by atoms with van der Waals surface area (Å²) in [6.07, 6.45) is -11.0. The molecule has 0 atom stereocenters. The van der Waals surface area contributed by atoms with Crippen molar-refractivity contribution in [1.29, 1.82) is 0 Å². The van der Waals surface area contributed by atoms with Gasteiger partial charge in [0.25, 0.3) is 0 Å². The van der Waals surface area contributed by atoms with Crippen LogP contribution < -0.4 is 10.5 Å². The Balaban J connectivity index is 2.24. The largest absolute Gasteiger partial charge is 0.494 e. The first-order valence-corrected chi connectivity index (χ1v) is 8.15. The van der Waals surface area contributed by atoms with Crippen LogP contribution in [0.1, 0.15) is 11.3 Å². The van der Waals surface area contributed by atoms with Crippen molar-refractivity contribution in [2.75, 3.05) is 12.8 Å². The molecule has 0 unspecified atom stereocenters. The molecule has 0 spiro atoms. The van der Waals surface area contributed by atoms with Crippen LogP contribution in [0.3, 0.4) is 0 Å². The zero-order chi connectivity index (χ0) is 23.4. The van der Waals surface area contributed by atoms with Crippen LogP contribution in [0.15, 0.2) is 24.4 Å². The van der Waals surface area contributed by atoms with E-state index in [0.717, 1.165) is 13.2 Å². The second kappa shape index (κ2) is 7.09. The van der Waals surface area contributed by atoms with Gasteiger partial charge in [-0.25, -0.2) is 9.36 Å². The molecule has 2 aromatic heterocycles. The number of benzene rings is 1. The van der Waals surface area contributed by atoms with Crippen molar-refractivity contribution in [2.24, 2.45) is 7.05 Å². The number of rotatable bonds is 4. The third-order valence-electron chi connectivity index (χ3n) is 4.19. The normalized spacial score (nSPS) is 13.0. The third-order valence-corrected chi connectivity index (χ3v) is 4.19. The smallest absolute Gasteiger partial charge is 0.459 e. The van der Waals surface area contributed by atoms with Crippen molar-refractivity contribution in [1.82, 2.24) is 24.8 Å². The molecule has 0 aliphatic rings. The van der Waals surface area contributed by atoms with Gasteiger partial charge in [0.2, 0.25) is 0 Å². The van der Waals surface area contributed by atoms with Crippen LogP contribution in [0.4, 0.5) is 40.8 Å². The first-order valence-electron chi connectivity index (χ1n) is 8.15. The lowest BCUT2D eigenvalue weighted by atomic mass is 10.1. The van der Waals surface area contributed by atoms with Crippen molar-refractivity contribution < 1.29 is 39.9 Å². The minimum atomic E-state index is -6.30. The van der Waals surface area contributed by atoms with Crippen LogP contribution in [0.25, 0.3) is 17.1 Å². The Labute approximate surface area is 168 Å². The van der Waals surface area contributed by atoms with E-state index in [4.69, 9.17) is 10.5 Å². The molecule has 0 fully saturated rings. The molecule has 2 N–H and O–H groups in total. The maximum Gasteiger partial charge on any atom is 0.459 e. The first kappa shape index (κ1) is 22.3. The molecule has 31 heavy (non-hydrogen) atoms. The fourth-order valence-electron chi connectivity index (χ4n) is 2.87. The Morgan fingerprint density at radius 2 is 1.68 bits per heavy atom. The fourth-order valence-corrected chi connectivity index (χ4v) is 2.87. The van der Waals surface area contributed by atoms with Gasteiger partial charge in [-0.05, 0) is 12.1 Å². The highest BCUT2D eigenvalue weighted by molar-refractivity contribution is 5.74. The number of anilines is 1. The van der Waals surface area contributed by atoms with E-state index in [1.54, 1.807) is 0 Å². The van der Waals surface area contributed by atoms with Gasteiger partial charge in [0.1, 0.15) is 11.3 Å². The first-order chi connectivity index (χ1) is 14.2. The molecule has 0 saturated heterocycles. The van der Waals surface area contributed by atoms with Crippen LogP contribution >= 0.6 is 0 Å². The minimum Gasteiger partial charge on any atom is -0.494 e. The Hall–Kier alpha value is -3.39. The molecular formula is C16H12F8N6O. The standard InChI is InChI=1S/C16H12F8N6O/c1-29-13(10(15(19,20)21)12(27-29)14(17,18)16(22,23)24)30-6-9(26-28-30)7-4-3-5-8(25)11(7)31-2/h3-6H,25H2,1-2H3. The van der Waals surface area contributed by atoms with Crippen molar-refractivity contribution in [3.05, 3.63) is 35.7 Å². The average molecular weight is 456 g/mol. The van der Waals surface area contributed by atoms with E-state index in [0.29, 0.717) is 4.68 Å². The number of hydrogen-bond donors (Lipinski definition) is 1. The van der Waals surface area contributed by atoms with Gasteiger partial charge >= 0.3 is 18.3 Å². The lowest BCUT2D eigenvalue weighted by molar-refractivity contribution is -0.292. The number of nitrogens with two attached hydrogens (primary N) is 1. The van der Waals surface area contributed by atoms with Crippen LogP contribution in [-0.4, -0.2) is 38.1 Å². The maximum atomic E-state index is 13.8. The van der Waals surface area contributed by atoms with Gasteiger partial charge in [0.15, 0.2) is 17.3 Å². The van der Waals surface area contributed by atoms with Crippen LogP contribution in [0.2, 0.25) is 0 Å². The van der Waals surface area contributed by atoms with E-state index in [-0.39, 0.29) is 27.4 Å². The van der Waals surface area contributed by atoms with E-state index in [2.05, 4.69) is 15.4 Å². The van der Waals surface area contributed by atoms with Crippen molar-refractivity contribution >= 4 is 5.69 Å². The molecule has 0 radical (unpaired) electrons. The fraction of sp³-hybridized carbons (Fsp3) is 0.312. The molecule has 3 aromatic rings. The summed E-state index contributed by atoms with van der Waals surface area (Å²) in [5.74, 6) is -6.94. The number of nitrogens with zero attached hydrogens (tertiary/aromatic N) is 5. The molecule has 0 aliphatic carbocycles. The molecule has 1 aromatic carbocycles. The van der Waals surface area contributed by atoms with Crippen molar-refractivity contribution in [2.45, 2.75) is 18.3 Å². The predicted octanol–water partition coefficient (Wildman–Crippen LogP) is 3.93. The van der Waals surface area contributed by atoms with Crippen LogP contribution in [0, 0.1) is 0 Å². The minimum absolute atomic E-state index is 0.0809. The van der Waals surface area contributed by atoms with E-state index in [9.17, 15) is 35.1 Å². The van der Waals surface area contributed by atoms with Crippen LogP contribution in [0.5, 0.6) is 5.75 Å². The summed E-state index contributed by atoms with van der Waals surface area (Å²) in [6.45, 7) is 0. The molecule has 7 nitrogen and oxygen atoms in total. The van der Waals surface area contributed by atoms with E-state index < -0.39 is 35.4 Å². The number of halogens is 8. The SMILES string of the molecule is COc1c(N)cccc1-c1cn(-c2c(C(F)(F)F)c(C(F)(F)C(F)(F)F)nn2C)nn1. The summed E-state index contributed by atoms with van der Waals surface area (Å²) in [5.41, 5.74) is 1.24. The van der Waals surface area contributed by atoms with Gasteiger partial charge in [-0.2, -0.15) is 40.2 Å². The molecule has 0 saturated carbocycles. The molecule has 3 rings (SSSR count). The number of nitrogen functional groups attached to an aromatic ring is 1. The lowest BCUT2D eigenvalue weighted by Crippen LogP contribution is -2.36. The number of aryl methyl sites for hydroxylation is 1. The van der Waals surface area contributed by atoms with Gasteiger partial charge in [-0.1, -0.05) is 11.3 Å². The summed E-state index contributed by atoms with van der Waals surface area (Å²) in [4.78, 5) is 0. The van der Waals surface area contributed by atoms with E-state index in [1.165, 1.54) is 25.3 Å². The Bertz CT molecular complexity index is 1110. The maximum absolute atomic E-state index is 13.8. The monoisotopic (exact) mass is 456 g/mol. The predicted molar refractivity (Wildman–Crippen MR) is 89.5 cm³/mol. The van der Waals surface area contributed by atoms with E-state index in [1.807, 2.05) is 0 Å².